The summed E-state index contributed by atoms with van der Waals surface area (Å²) in [6.07, 6.45) is 4.57. The van der Waals surface area contributed by atoms with E-state index in [1.807, 2.05) is 13.0 Å². The number of nitrogens with one attached hydrogen (secondary N) is 1. The number of anilines is 2. The maximum atomic E-state index is 10.9. The lowest BCUT2D eigenvalue weighted by Gasteiger charge is -2.08. The van der Waals surface area contributed by atoms with Gasteiger partial charge < -0.3 is 11.1 Å². The summed E-state index contributed by atoms with van der Waals surface area (Å²) in [6.45, 7) is 2.30. The topological polar surface area (TPSA) is 120 Å². The van der Waals surface area contributed by atoms with Crippen molar-refractivity contribution in [3.05, 3.63) is 46.0 Å². The molecule has 0 aliphatic rings. The highest BCUT2D eigenvalue weighted by atomic mass is 16.6. The molecule has 0 radical (unpaired) electrons. The zero-order valence-corrected chi connectivity index (χ0v) is 10.2. The van der Waals surface area contributed by atoms with Gasteiger partial charge in [0.05, 0.1) is 4.92 Å². The van der Waals surface area contributed by atoms with E-state index < -0.39 is 4.92 Å². The molecule has 2 aromatic heterocycles. The Balaban J connectivity index is 2.23. The molecule has 0 bridgehead atoms. The first-order valence-corrected chi connectivity index (χ1v) is 5.48. The zero-order chi connectivity index (χ0) is 13.8. The smallest absolute Gasteiger partial charge is 0.352 e. The lowest BCUT2D eigenvalue weighted by Crippen LogP contribution is -2.08. The molecule has 8 heteroatoms. The van der Waals surface area contributed by atoms with Gasteiger partial charge >= 0.3 is 5.69 Å². The molecule has 8 nitrogen and oxygen atoms in total. The van der Waals surface area contributed by atoms with Crippen LogP contribution in [0.25, 0.3) is 0 Å². The molecule has 3 N–H and O–H groups in total. The van der Waals surface area contributed by atoms with Gasteiger partial charge in [0.25, 0.3) is 0 Å². The fourth-order valence-electron chi connectivity index (χ4n) is 1.58. The van der Waals surface area contributed by atoms with Crippen molar-refractivity contribution in [2.45, 2.75) is 13.5 Å². The third kappa shape index (κ3) is 2.73. The Labute approximate surface area is 108 Å². The van der Waals surface area contributed by atoms with Crippen molar-refractivity contribution in [2.24, 2.45) is 0 Å². The molecule has 98 valence electrons. The van der Waals surface area contributed by atoms with Crippen LogP contribution in [0.2, 0.25) is 0 Å². The minimum Gasteiger partial charge on any atom is -0.378 e. The van der Waals surface area contributed by atoms with Gasteiger partial charge in [0.2, 0.25) is 11.6 Å². The van der Waals surface area contributed by atoms with Crippen LogP contribution in [0.1, 0.15) is 11.1 Å². The first-order valence-electron chi connectivity index (χ1n) is 5.48. The second-order valence-electron chi connectivity index (χ2n) is 3.87. The van der Waals surface area contributed by atoms with Gasteiger partial charge in [0, 0.05) is 18.9 Å². The van der Waals surface area contributed by atoms with Gasteiger partial charge in [-0.05, 0) is 24.1 Å². The molecule has 0 aliphatic carbocycles. The maximum Gasteiger partial charge on any atom is 0.352 e. The Kier molecular flexibility index (Phi) is 3.51. The van der Waals surface area contributed by atoms with Crippen LogP contribution in [0.3, 0.4) is 0 Å². The molecule has 0 fully saturated rings. The normalized spacial score (nSPS) is 10.2. The van der Waals surface area contributed by atoms with Gasteiger partial charge in [-0.3, -0.25) is 15.1 Å². The van der Waals surface area contributed by atoms with Crippen molar-refractivity contribution in [1.82, 2.24) is 15.0 Å². The number of nitrogen functional groups attached to an aromatic ring is 1. The second kappa shape index (κ2) is 5.25. The molecule has 19 heavy (non-hydrogen) atoms. The van der Waals surface area contributed by atoms with Crippen LogP contribution in [-0.2, 0) is 6.54 Å². The second-order valence-corrected chi connectivity index (χ2v) is 3.87. The monoisotopic (exact) mass is 260 g/mol. The number of hydrogen-bond acceptors (Lipinski definition) is 7. The standard InChI is InChI=1S/C11H12N6O2/c1-7-4-13-3-2-8(7)5-14-11-9(17(18)19)10(12)15-6-16-11/h2-4,6H,5H2,1H3,(H3,12,14,15,16). The molecule has 0 atom stereocenters. The molecular formula is C11H12N6O2. The summed E-state index contributed by atoms with van der Waals surface area (Å²) >= 11 is 0. The number of pyridine rings is 1. The zero-order valence-electron chi connectivity index (χ0n) is 10.2. The number of aromatic nitrogens is 3. The van der Waals surface area contributed by atoms with Gasteiger partial charge in [-0.1, -0.05) is 0 Å². The molecular weight excluding hydrogens is 248 g/mol. The average Bonchev–Trinajstić information content (AvgIpc) is 2.37. The summed E-state index contributed by atoms with van der Waals surface area (Å²) in [5, 5.41) is 13.8. The van der Waals surface area contributed by atoms with E-state index in [4.69, 9.17) is 5.73 Å². The van der Waals surface area contributed by atoms with Crippen LogP contribution in [0.5, 0.6) is 0 Å². The first-order chi connectivity index (χ1) is 9.09. The minimum absolute atomic E-state index is 0.105. The predicted molar refractivity (Wildman–Crippen MR) is 69.4 cm³/mol. The van der Waals surface area contributed by atoms with Crippen molar-refractivity contribution in [1.29, 1.82) is 0 Å². The Bertz CT molecular complexity index is 616. The third-order valence-corrected chi connectivity index (χ3v) is 2.62. The molecule has 2 heterocycles. The van der Waals surface area contributed by atoms with Gasteiger partial charge in [-0.25, -0.2) is 9.97 Å². The quantitative estimate of drug-likeness (QED) is 0.627. The third-order valence-electron chi connectivity index (χ3n) is 2.62. The van der Waals surface area contributed by atoms with Crippen molar-refractivity contribution in [3.8, 4) is 0 Å². The Morgan fingerprint density at radius 2 is 2.26 bits per heavy atom. The largest absolute Gasteiger partial charge is 0.378 e. The summed E-state index contributed by atoms with van der Waals surface area (Å²) in [6, 6.07) is 1.83. The van der Waals surface area contributed by atoms with Crippen molar-refractivity contribution < 1.29 is 4.92 Å². The number of hydrogen-bond donors (Lipinski definition) is 2. The van der Waals surface area contributed by atoms with Crippen molar-refractivity contribution >= 4 is 17.3 Å². The van der Waals surface area contributed by atoms with E-state index in [1.165, 1.54) is 6.33 Å². The van der Waals surface area contributed by atoms with Gasteiger partial charge in [-0.15, -0.1) is 0 Å². The molecule has 0 unspecified atom stereocenters. The first kappa shape index (κ1) is 12.7. The summed E-state index contributed by atoms with van der Waals surface area (Å²) in [4.78, 5) is 21.7. The number of nitro groups is 1. The van der Waals surface area contributed by atoms with Crippen molar-refractivity contribution in [3.63, 3.8) is 0 Å². The van der Waals surface area contributed by atoms with Gasteiger partial charge in [0.1, 0.15) is 6.33 Å². The highest BCUT2D eigenvalue weighted by Crippen LogP contribution is 2.26. The highest BCUT2D eigenvalue weighted by molar-refractivity contribution is 5.67. The Morgan fingerprint density at radius 3 is 2.95 bits per heavy atom. The van der Waals surface area contributed by atoms with Gasteiger partial charge in [0.15, 0.2) is 0 Å². The molecule has 0 saturated carbocycles. The van der Waals surface area contributed by atoms with Crippen LogP contribution in [0, 0.1) is 17.0 Å². The van der Waals surface area contributed by atoms with Crippen LogP contribution >= 0.6 is 0 Å². The molecule has 2 rings (SSSR count). The van der Waals surface area contributed by atoms with Crippen LogP contribution in [-0.4, -0.2) is 19.9 Å². The molecule has 0 amide bonds. The van der Waals surface area contributed by atoms with E-state index in [2.05, 4.69) is 20.3 Å². The molecule has 0 aliphatic heterocycles. The van der Waals surface area contributed by atoms with E-state index in [0.717, 1.165) is 11.1 Å². The van der Waals surface area contributed by atoms with E-state index in [9.17, 15) is 10.1 Å². The lowest BCUT2D eigenvalue weighted by atomic mass is 10.1. The maximum absolute atomic E-state index is 10.9. The number of nitrogens with two attached hydrogens (primary N) is 1. The highest BCUT2D eigenvalue weighted by Gasteiger charge is 2.20. The van der Waals surface area contributed by atoms with E-state index in [-0.39, 0.29) is 17.3 Å². The number of aryl methyl sites for hydroxylation is 1. The van der Waals surface area contributed by atoms with E-state index in [1.54, 1.807) is 12.4 Å². The van der Waals surface area contributed by atoms with Crippen LogP contribution in [0.15, 0.2) is 24.8 Å². The summed E-state index contributed by atoms with van der Waals surface area (Å²) in [5.74, 6) is -0.0531. The predicted octanol–water partition coefficient (Wildman–Crippen LogP) is 1.28. The van der Waals surface area contributed by atoms with Crippen LogP contribution < -0.4 is 11.1 Å². The average molecular weight is 260 g/mol. The molecule has 0 aromatic carbocycles. The minimum atomic E-state index is -0.600. The SMILES string of the molecule is Cc1cnccc1CNc1ncnc(N)c1[N+](=O)[O-]. The van der Waals surface area contributed by atoms with Crippen LogP contribution in [0.4, 0.5) is 17.3 Å². The molecule has 0 saturated heterocycles. The number of nitrogens with zero attached hydrogens (tertiary/aromatic N) is 4. The summed E-state index contributed by atoms with van der Waals surface area (Å²) in [5.41, 5.74) is 7.13. The summed E-state index contributed by atoms with van der Waals surface area (Å²) < 4.78 is 0. The molecule has 2 aromatic rings. The molecule has 0 spiro atoms. The fraction of sp³-hybridized carbons (Fsp3) is 0.182. The van der Waals surface area contributed by atoms with E-state index >= 15 is 0 Å². The Hall–Kier alpha value is -2.77. The fourth-order valence-corrected chi connectivity index (χ4v) is 1.58. The Morgan fingerprint density at radius 1 is 1.47 bits per heavy atom. The van der Waals surface area contributed by atoms with Crippen molar-refractivity contribution in [2.75, 3.05) is 11.1 Å². The number of rotatable bonds is 4. The lowest BCUT2D eigenvalue weighted by molar-refractivity contribution is -0.383. The summed E-state index contributed by atoms with van der Waals surface area (Å²) in [7, 11) is 0. The van der Waals surface area contributed by atoms with Gasteiger partial charge in [-0.2, -0.15) is 0 Å². The van der Waals surface area contributed by atoms with E-state index in [0.29, 0.717) is 6.54 Å².